The first-order valence-corrected chi connectivity index (χ1v) is 14.5. The van der Waals surface area contributed by atoms with Crippen molar-refractivity contribution in [3.05, 3.63) is 86.1 Å². The number of hydrogen-bond acceptors (Lipinski definition) is 4. The lowest BCUT2D eigenvalue weighted by molar-refractivity contribution is -0.147. The van der Waals surface area contributed by atoms with E-state index in [1.807, 2.05) is 44.2 Å². The van der Waals surface area contributed by atoms with Gasteiger partial charge < -0.3 is 14.7 Å². The average molecular weight is 588 g/mol. The Kier molecular flexibility index (Phi) is 8.17. The number of nitrogens with zero attached hydrogens (tertiary/aromatic N) is 2. The molecule has 206 valence electrons. The van der Waals surface area contributed by atoms with Gasteiger partial charge >= 0.3 is 5.97 Å². The van der Waals surface area contributed by atoms with Crippen LogP contribution in [0.2, 0.25) is 15.1 Å². The maximum atomic E-state index is 12.0. The fraction of sp³-hybridized carbons (Fsp3) is 0.419. The van der Waals surface area contributed by atoms with E-state index in [4.69, 9.17) is 44.5 Å². The molecular weight excluding hydrogens is 555 g/mol. The van der Waals surface area contributed by atoms with Crippen molar-refractivity contribution in [2.75, 3.05) is 0 Å². The molecule has 3 atom stereocenters. The Balaban J connectivity index is 1.32. The van der Waals surface area contributed by atoms with Crippen molar-refractivity contribution < 1.29 is 14.6 Å². The van der Waals surface area contributed by atoms with Crippen LogP contribution in [0.25, 0.3) is 10.9 Å². The zero-order valence-electron chi connectivity index (χ0n) is 22.4. The maximum absolute atomic E-state index is 12.0. The number of fused-ring (bicyclic) bond motifs is 2. The molecule has 3 unspecified atom stereocenters. The molecule has 0 radical (unpaired) electrons. The van der Waals surface area contributed by atoms with E-state index in [9.17, 15) is 9.90 Å². The molecule has 1 aromatic heterocycles. The van der Waals surface area contributed by atoms with Gasteiger partial charge in [-0.15, -0.1) is 0 Å². The number of allylic oxidation sites excluding steroid dienone is 1. The molecular formula is C31H33Cl3N2O3. The Labute approximate surface area is 244 Å². The Morgan fingerprint density at radius 1 is 1.08 bits per heavy atom. The van der Waals surface area contributed by atoms with Crippen LogP contribution >= 0.6 is 34.8 Å². The Bertz CT molecular complexity index is 1420. The summed E-state index contributed by atoms with van der Waals surface area (Å²) in [5, 5.41) is 12.5. The second-order valence-corrected chi connectivity index (χ2v) is 12.7. The van der Waals surface area contributed by atoms with E-state index in [2.05, 4.69) is 24.0 Å². The summed E-state index contributed by atoms with van der Waals surface area (Å²) in [5.41, 5.74) is 4.40. The van der Waals surface area contributed by atoms with Gasteiger partial charge in [-0.3, -0.25) is 9.78 Å². The van der Waals surface area contributed by atoms with Gasteiger partial charge in [0.15, 0.2) is 0 Å². The molecule has 1 aliphatic carbocycles. The highest BCUT2D eigenvalue weighted by Crippen LogP contribution is 2.47. The van der Waals surface area contributed by atoms with Crippen LogP contribution in [0, 0.1) is 11.3 Å². The van der Waals surface area contributed by atoms with Crippen molar-refractivity contribution >= 4 is 51.7 Å². The predicted octanol–water partition coefficient (Wildman–Crippen LogP) is 8.54. The maximum Gasteiger partial charge on any atom is 0.309 e. The third-order valence-corrected chi connectivity index (χ3v) is 9.21. The first kappa shape index (κ1) is 28.2. The fourth-order valence-electron chi connectivity index (χ4n) is 5.92. The predicted molar refractivity (Wildman–Crippen MR) is 157 cm³/mol. The number of carboxylic acid groups (broad SMARTS) is 1. The van der Waals surface area contributed by atoms with Crippen LogP contribution < -0.4 is 0 Å². The fourth-order valence-corrected chi connectivity index (χ4v) is 6.38. The summed E-state index contributed by atoms with van der Waals surface area (Å²) in [4.78, 5) is 19.2. The van der Waals surface area contributed by atoms with E-state index in [0.29, 0.717) is 40.1 Å². The first-order chi connectivity index (χ1) is 18.5. The van der Waals surface area contributed by atoms with Gasteiger partial charge in [-0.2, -0.15) is 0 Å². The summed E-state index contributed by atoms with van der Waals surface area (Å²) in [6, 6.07) is 15.8. The van der Waals surface area contributed by atoms with E-state index >= 15 is 0 Å². The number of carbonyl (C=O) groups is 1. The van der Waals surface area contributed by atoms with E-state index in [0.717, 1.165) is 48.1 Å². The van der Waals surface area contributed by atoms with Gasteiger partial charge in [0.2, 0.25) is 0 Å². The van der Waals surface area contributed by atoms with Gasteiger partial charge in [-0.1, -0.05) is 53.0 Å². The quantitative estimate of drug-likeness (QED) is 0.286. The average Bonchev–Trinajstić information content (AvgIpc) is 3.14. The minimum atomic E-state index is -0.854. The van der Waals surface area contributed by atoms with Crippen LogP contribution in [-0.2, 0) is 22.7 Å². The van der Waals surface area contributed by atoms with Crippen LogP contribution in [0.15, 0.2) is 59.8 Å². The molecule has 0 amide bonds. The smallest absolute Gasteiger partial charge is 0.309 e. The lowest BCUT2D eigenvalue weighted by Gasteiger charge is -2.39. The lowest BCUT2D eigenvalue weighted by atomic mass is 9.80. The molecule has 1 saturated carbocycles. The molecule has 2 heterocycles. The van der Waals surface area contributed by atoms with E-state index < -0.39 is 11.4 Å². The van der Waals surface area contributed by atoms with Crippen LogP contribution in [0.4, 0.5) is 0 Å². The summed E-state index contributed by atoms with van der Waals surface area (Å²) in [6.45, 7) is 6.95. The third kappa shape index (κ3) is 6.07. The second-order valence-electron chi connectivity index (χ2n) is 11.4. The SMILES string of the molecule is CC1=C(CC(C)(C)C(=O)O)N(Cc2ccc(Cl)cc2)C2CCC(OCc3ccc4cc(Cl)c(Cl)cc4n3)CC12. The molecule has 5 nitrogen and oxygen atoms in total. The number of benzene rings is 2. The molecule has 39 heavy (non-hydrogen) atoms. The number of carboxylic acids is 1. The molecule has 8 heteroatoms. The summed E-state index contributed by atoms with van der Waals surface area (Å²) in [6.07, 6.45) is 3.43. The van der Waals surface area contributed by atoms with E-state index in [-0.39, 0.29) is 6.10 Å². The Hall–Kier alpha value is -2.31. The van der Waals surface area contributed by atoms with Crippen molar-refractivity contribution in [2.45, 2.75) is 71.8 Å². The number of hydrogen-bond donors (Lipinski definition) is 1. The van der Waals surface area contributed by atoms with Crippen molar-refractivity contribution in [1.82, 2.24) is 9.88 Å². The minimum absolute atomic E-state index is 0.108. The van der Waals surface area contributed by atoms with Gasteiger partial charge in [-0.05, 0) is 81.5 Å². The van der Waals surface area contributed by atoms with E-state index in [1.54, 1.807) is 6.07 Å². The van der Waals surface area contributed by atoms with Crippen molar-refractivity contribution in [3.63, 3.8) is 0 Å². The molecule has 1 N–H and O–H groups in total. The van der Waals surface area contributed by atoms with E-state index in [1.165, 1.54) is 11.1 Å². The highest BCUT2D eigenvalue weighted by atomic mass is 35.5. The van der Waals surface area contributed by atoms with Crippen molar-refractivity contribution in [2.24, 2.45) is 11.3 Å². The van der Waals surface area contributed by atoms with Crippen molar-refractivity contribution in [1.29, 1.82) is 0 Å². The van der Waals surface area contributed by atoms with Crippen LogP contribution in [0.3, 0.4) is 0 Å². The Morgan fingerprint density at radius 2 is 1.79 bits per heavy atom. The number of rotatable bonds is 8. The standard InChI is InChI=1S/C31H33Cl3N2O3/c1-18-24-13-23(39-17-22-9-6-20-12-25(33)26(34)14-27(20)35-22)10-11-28(24)36(16-19-4-7-21(32)8-5-19)29(18)15-31(2,3)30(37)38/h4-9,12,14,23-24,28H,10-11,13,15-17H2,1-3H3,(H,37,38). The number of aliphatic carboxylic acids is 1. The number of pyridine rings is 1. The van der Waals surface area contributed by atoms with Gasteiger partial charge in [0.25, 0.3) is 0 Å². The molecule has 0 spiro atoms. The molecule has 0 bridgehead atoms. The molecule has 2 aliphatic rings. The molecule has 5 rings (SSSR count). The molecule has 2 aromatic carbocycles. The minimum Gasteiger partial charge on any atom is -0.481 e. The highest BCUT2D eigenvalue weighted by Gasteiger charge is 2.44. The van der Waals surface area contributed by atoms with Gasteiger partial charge in [0, 0.05) is 41.0 Å². The zero-order valence-corrected chi connectivity index (χ0v) is 24.7. The normalized spacial score (nSPS) is 21.5. The topological polar surface area (TPSA) is 62.7 Å². The summed E-state index contributed by atoms with van der Waals surface area (Å²) in [5.74, 6) is -0.460. The molecule has 0 saturated heterocycles. The van der Waals surface area contributed by atoms with Crippen molar-refractivity contribution in [3.8, 4) is 0 Å². The van der Waals surface area contributed by atoms with Gasteiger partial charge in [-0.25, -0.2) is 0 Å². The molecule has 3 aromatic rings. The Morgan fingerprint density at radius 3 is 2.51 bits per heavy atom. The van der Waals surface area contributed by atoms with Gasteiger partial charge in [0.05, 0.1) is 39.4 Å². The van der Waals surface area contributed by atoms with Crippen LogP contribution in [0.1, 0.15) is 57.7 Å². The number of halogens is 3. The summed E-state index contributed by atoms with van der Waals surface area (Å²) < 4.78 is 6.40. The second kappa shape index (κ2) is 11.3. The summed E-state index contributed by atoms with van der Waals surface area (Å²) in [7, 11) is 0. The first-order valence-electron chi connectivity index (χ1n) is 13.3. The van der Waals surface area contributed by atoms with Crippen LogP contribution in [0.5, 0.6) is 0 Å². The van der Waals surface area contributed by atoms with Gasteiger partial charge in [0.1, 0.15) is 0 Å². The van der Waals surface area contributed by atoms with Crippen LogP contribution in [-0.4, -0.2) is 33.1 Å². The zero-order chi connectivity index (χ0) is 27.9. The number of ether oxygens (including phenoxy) is 1. The summed E-state index contributed by atoms with van der Waals surface area (Å²) >= 11 is 18.5. The monoisotopic (exact) mass is 586 g/mol. The third-order valence-electron chi connectivity index (χ3n) is 8.23. The lowest BCUT2D eigenvalue weighted by Crippen LogP contribution is -2.40. The molecule has 1 fully saturated rings. The molecule has 1 aliphatic heterocycles. The largest absolute Gasteiger partial charge is 0.481 e. The highest BCUT2D eigenvalue weighted by molar-refractivity contribution is 6.42. The number of aromatic nitrogens is 1.